The average Bonchev–Trinajstić information content (AvgIpc) is 3.25. The number of carbonyl (C=O) groups is 1. The molecule has 0 aliphatic carbocycles. The van der Waals surface area contributed by atoms with Gasteiger partial charge in [0.15, 0.2) is 18.1 Å². The van der Waals surface area contributed by atoms with E-state index in [2.05, 4.69) is 6.92 Å². The summed E-state index contributed by atoms with van der Waals surface area (Å²) in [6, 6.07) is 15.4. The van der Waals surface area contributed by atoms with Crippen LogP contribution in [0.15, 0.2) is 53.9 Å². The number of amides is 1. The van der Waals surface area contributed by atoms with E-state index in [9.17, 15) is 4.79 Å². The number of fused-ring (bicyclic) bond motifs is 1. The van der Waals surface area contributed by atoms with Gasteiger partial charge in [-0.1, -0.05) is 12.1 Å². The van der Waals surface area contributed by atoms with E-state index in [4.69, 9.17) is 14.2 Å². The van der Waals surface area contributed by atoms with Crippen LogP contribution in [0.1, 0.15) is 16.0 Å². The summed E-state index contributed by atoms with van der Waals surface area (Å²) >= 11 is 1.62. The van der Waals surface area contributed by atoms with Gasteiger partial charge in [-0.3, -0.25) is 4.79 Å². The first kappa shape index (κ1) is 19.3. The quantitative estimate of drug-likeness (QED) is 0.590. The zero-order valence-electron chi connectivity index (χ0n) is 16.5. The lowest BCUT2D eigenvalue weighted by Crippen LogP contribution is -2.34. The number of aryl methyl sites for hydroxylation is 2. The number of carbonyl (C=O) groups excluding carboxylic acids is 1. The molecule has 0 atom stereocenters. The summed E-state index contributed by atoms with van der Waals surface area (Å²) in [7, 11) is 0. The number of anilines is 1. The van der Waals surface area contributed by atoms with Crippen LogP contribution in [0.25, 0.3) is 0 Å². The highest BCUT2D eigenvalue weighted by Crippen LogP contribution is 2.34. The average molecular weight is 410 g/mol. The molecule has 0 saturated carbocycles. The second-order valence-corrected chi connectivity index (χ2v) is 7.95. The number of hydrogen-bond acceptors (Lipinski definition) is 5. The van der Waals surface area contributed by atoms with Gasteiger partial charge in [-0.15, -0.1) is 11.3 Å². The van der Waals surface area contributed by atoms with Gasteiger partial charge in [0, 0.05) is 16.6 Å². The van der Waals surface area contributed by atoms with Crippen LogP contribution in [0, 0.1) is 13.8 Å². The summed E-state index contributed by atoms with van der Waals surface area (Å²) in [6.45, 7) is 5.56. The van der Waals surface area contributed by atoms with Crippen molar-refractivity contribution in [3.05, 3.63) is 69.9 Å². The zero-order chi connectivity index (χ0) is 20.2. The number of hydrogen-bond donors (Lipinski definition) is 0. The van der Waals surface area contributed by atoms with Crippen molar-refractivity contribution in [1.29, 1.82) is 0 Å². The third-order valence-electron chi connectivity index (χ3n) is 4.87. The summed E-state index contributed by atoms with van der Waals surface area (Å²) < 4.78 is 17.1. The Labute approximate surface area is 174 Å². The minimum atomic E-state index is -0.117. The smallest absolute Gasteiger partial charge is 0.265 e. The molecule has 0 saturated heterocycles. The number of benzene rings is 2. The molecular weight excluding hydrogens is 386 g/mol. The first-order chi connectivity index (χ1) is 14.1. The zero-order valence-corrected chi connectivity index (χ0v) is 17.3. The highest BCUT2D eigenvalue weighted by molar-refractivity contribution is 7.09. The van der Waals surface area contributed by atoms with Crippen LogP contribution in [0.5, 0.6) is 17.2 Å². The fraction of sp³-hybridized carbons (Fsp3) is 0.261. The molecule has 2 heterocycles. The van der Waals surface area contributed by atoms with E-state index in [0.29, 0.717) is 37.0 Å². The van der Waals surface area contributed by atoms with E-state index in [1.54, 1.807) is 16.2 Å². The van der Waals surface area contributed by atoms with Gasteiger partial charge in [0.2, 0.25) is 0 Å². The van der Waals surface area contributed by atoms with Crippen molar-refractivity contribution >= 4 is 22.9 Å². The van der Waals surface area contributed by atoms with Gasteiger partial charge in [-0.2, -0.15) is 0 Å². The topological polar surface area (TPSA) is 48.0 Å². The highest BCUT2D eigenvalue weighted by Gasteiger charge is 2.21. The van der Waals surface area contributed by atoms with Crippen LogP contribution >= 0.6 is 11.3 Å². The Morgan fingerprint density at radius 1 is 1.03 bits per heavy atom. The molecule has 0 radical (unpaired) electrons. The lowest BCUT2D eigenvalue weighted by atomic mass is 10.1. The SMILES string of the molecule is Cc1ccc(OCC(=O)N(Cc2cccs2)c2ccc3c(c2)OCCO3)cc1C. The second kappa shape index (κ2) is 8.57. The lowest BCUT2D eigenvalue weighted by Gasteiger charge is -2.25. The van der Waals surface area contributed by atoms with Crippen molar-refractivity contribution in [2.45, 2.75) is 20.4 Å². The normalized spacial score (nSPS) is 12.5. The molecule has 0 spiro atoms. The summed E-state index contributed by atoms with van der Waals surface area (Å²) in [5.74, 6) is 1.94. The fourth-order valence-corrected chi connectivity index (χ4v) is 3.80. The fourth-order valence-electron chi connectivity index (χ4n) is 3.11. The lowest BCUT2D eigenvalue weighted by molar-refractivity contribution is -0.120. The van der Waals surface area contributed by atoms with E-state index in [-0.39, 0.29) is 12.5 Å². The number of rotatable bonds is 6. The highest BCUT2D eigenvalue weighted by atomic mass is 32.1. The van der Waals surface area contributed by atoms with Crippen LogP contribution in [-0.4, -0.2) is 25.7 Å². The first-order valence-electron chi connectivity index (χ1n) is 9.52. The largest absolute Gasteiger partial charge is 0.486 e. The molecule has 1 aliphatic heterocycles. The molecule has 150 valence electrons. The van der Waals surface area contributed by atoms with Gasteiger partial charge in [0.05, 0.1) is 6.54 Å². The van der Waals surface area contributed by atoms with E-state index in [1.807, 2.05) is 60.8 Å². The molecule has 0 unspecified atom stereocenters. The molecule has 0 N–H and O–H groups in total. The Balaban J connectivity index is 1.54. The Morgan fingerprint density at radius 3 is 2.62 bits per heavy atom. The van der Waals surface area contributed by atoms with Crippen LogP contribution in [0.4, 0.5) is 5.69 Å². The molecule has 2 aromatic carbocycles. The van der Waals surface area contributed by atoms with Crippen LogP contribution in [0.2, 0.25) is 0 Å². The summed E-state index contributed by atoms with van der Waals surface area (Å²) in [5.41, 5.74) is 3.09. The van der Waals surface area contributed by atoms with E-state index >= 15 is 0 Å². The number of nitrogens with zero attached hydrogens (tertiary/aromatic N) is 1. The molecular formula is C23H23NO4S. The molecule has 6 heteroatoms. The Kier molecular flexibility index (Phi) is 5.71. The Hall–Kier alpha value is -2.99. The standard InChI is InChI=1S/C23H23NO4S/c1-16-5-7-19(12-17(16)2)28-15-23(25)24(14-20-4-3-11-29-20)18-6-8-21-22(13-18)27-10-9-26-21/h3-8,11-13H,9-10,14-15H2,1-2H3. The van der Waals surface area contributed by atoms with Crippen LogP contribution in [0.3, 0.4) is 0 Å². The molecule has 3 aromatic rings. The minimum absolute atomic E-state index is 0.0394. The molecule has 29 heavy (non-hydrogen) atoms. The second-order valence-electron chi connectivity index (χ2n) is 6.92. The van der Waals surface area contributed by atoms with Crippen molar-refractivity contribution in [2.75, 3.05) is 24.7 Å². The number of thiophene rings is 1. The molecule has 1 amide bonds. The molecule has 0 bridgehead atoms. The molecule has 1 aromatic heterocycles. The summed E-state index contributed by atoms with van der Waals surface area (Å²) in [4.78, 5) is 15.9. The van der Waals surface area contributed by atoms with Gasteiger partial charge in [0.25, 0.3) is 5.91 Å². The van der Waals surface area contributed by atoms with Crippen molar-refractivity contribution in [2.24, 2.45) is 0 Å². The summed E-state index contributed by atoms with van der Waals surface area (Å²) in [5, 5.41) is 2.01. The van der Waals surface area contributed by atoms with Crippen molar-refractivity contribution in [3.63, 3.8) is 0 Å². The number of ether oxygens (including phenoxy) is 3. The van der Waals surface area contributed by atoms with Crippen LogP contribution < -0.4 is 19.1 Å². The predicted molar refractivity (Wildman–Crippen MR) is 114 cm³/mol. The van der Waals surface area contributed by atoms with Crippen molar-refractivity contribution < 1.29 is 19.0 Å². The maximum Gasteiger partial charge on any atom is 0.265 e. The molecule has 0 fully saturated rings. The van der Waals surface area contributed by atoms with Gasteiger partial charge >= 0.3 is 0 Å². The molecule has 1 aliphatic rings. The maximum atomic E-state index is 13.1. The van der Waals surface area contributed by atoms with E-state index < -0.39 is 0 Å². The minimum Gasteiger partial charge on any atom is -0.486 e. The van der Waals surface area contributed by atoms with Crippen molar-refractivity contribution in [1.82, 2.24) is 0 Å². The van der Waals surface area contributed by atoms with Crippen LogP contribution in [-0.2, 0) is 11.3 Å². The van der Waals surface area contributed by atoms with Gasteiger partial charge in [0.1, 0.15) is 19.0 Å². The third kappa shape index (κ3) is 4.54. The van der Waals surface area contributed by atoms with E-state index in [1.165, 1.54) is 5.56 Å². The van der Waals surface area contributed by atoms with Gasteiger partial charge in [-0.05, 0) is 60.7 Å². The third-order valence-corrected chi connectivity index (χ3v) is 5.73. The molecule has 5 nitrogen and oxygen atoms in total. The summed E-state index contributed by atoms with van der Waals surface area (Å²) in [6.07, 6.45) is 0. The Bertz CT molecular complexity index is 1000. The monoisotopic (exact) mass is 409 g/mol. The van der Waals surface area contributed by atoms with Crippen molar-refractivity contribution in [3.8, 4) is 17.2 Å². The molecule has 4 rings (SSSR count). The maximum absolute atomic E-state index is 13.1. The Morgan fingerprint density at radius 2 is 1.86 bits per heavy atom. The van der Waals surface area contributed by atoms with Gasteiger partial charge < -0.3 is 19.1 Å². The van der Waals surface area contributed by atoms with Gasteiger partial charge in [-0.25, -0.2) is 0 Å². The first-order valence-corrected chi connectivity index (χ1v) is 10.4. The van der Waals surface area contributed by atoms with E-state index in [0.717, 1.165) is 16.1 Å². The predicted octanol–water partition coefficient (Wildman–Crippen LogP) is 4.75.